The van der Waals surface area contributed by atoms with Crippen LogP contribution in [0.3, 0.4) is 0 Å². The highest BCUT2D eigenvalue weighted by Crippen LogP contribution is 2.29. The van der Waals surface area contributed by atoms with E-state index in [1.165, 1.54) is 12.0 Å². The van der Waals surface area contributed by atoms with Crippen LogP contribution in [0.5, 0.6) is 5.75 Å². The summed E-state index contributed by atoms with van der Waals surface area (Å²) in [6.45, 7) is 2.48. The van der Waals surface area contributed by atoms with Gasteiger partial charge in [0.2, 0.25) is 0 Å². The van der Waals surface area contributed by atoms with Crippen LogP contribution in [-0.2, 0) is 14.3 Å². The average molecular weight is 385 g/mol. The summed E-state index contributed by atoms with van der Waals surface area (Å²) >= 11 is 0. The van der Waals surface area contributed by atoms with Gasteiger partial charge in [-0.1, -0.05) is 0 Å². The van der Waals surface area contributed by atoms with Crippen LogP contribution >= 0.6 is 0 Å². The molecular formula is C20H23N3O5. The molecule has 8 heteroatoms. The van der Waals surface area contributed by atoms with E-state index in [0.29, 0.717) is 18.0 Å². The van der Waals surface area contributed by atoms with Crippen LogP contribution < -0.4 is 10.1 Å². The number of aliphatic hydroxyl groups excluding tert-OH is 1. The third-order valence-electron chi connectivity index (χ3n) is 4.36. The van der Waals surface area contributed by atoms with Crippen molar-refractivity contribution in [3.05, 3.63) is 54.0 Å². The van der Waals surface area contributed by atoms with Gasteiger partial charge in [0.25, 0.3) is 5.91 Å². The number of nitrogens with one attached hydrogen (secondary N) is 1. The Bertz CT molecular complexity index is 889. The molecule has 0 saturated heterocycles. The van der Waals surface area contributed by atoms with Gasteiger partial charge in [-0.3, -0.25) is 4.79 Å². The number of anilines is 1. The predicted molar refractivity (Wildman–Crippen MR) is 103 cm³/mol. The van der Waals surface area contributed by atoms with Gasteiger partial charge in [-0.25, -0.2) is 4.79 Å². The lowest BCUT2D eigenvalue weighted by Crippen LogP contribution is -2.31. The Morgan fingerprint density at radius 2 is 2.04 bits per heavy atom. The van der Waals surface area contributed by atoms with Crippen LogP contribution in [0.4, 0.5) is 5.69 Å². The van der Waals surface area contributed by atoms with Gasteiger partial charge >= 0.3 is 5.97 Å². The van der Waals surface area contributed by atoms with E-state index in [0.717, 1.165) is 5.69 Å². The number of esters is 1. The fraction of sp³-hybridized carbons (Fsp3) is 0.300. The molecule has 28 heavy (non-hydrogen) atoms. The summed E-state index contributed by atoms with van der Waals surface area (Å²) in [6.07, 6.45) is 3.79. The number of benzene rings is 1. The van der Waals surface area contributed by atoms with E-state index in [9.17, 15) is 9.59 Å². The summed E-state index contributed by atoms with van der Waals surface area (Å²) in [7, 11) is 1.27. The molecule has 1 aromatic carbocycles. The molecule has 0 bridgehead atoms. The van der Waals surface area contributed by atoms with Gasteiger partial charge < -0.3 is 29.4 Å². The standard InChI is InChI=1S/C20H23N3O5/c1-3-28-17-7-6-14(12-16(17)22-8-4-5-9-22)21-18-15(20(26)27-2)13-23(10-11-24)19(18)25/h4-9,12,21,24H,3,10-11,13H2,1-2H3. The second-order valence-electron chi connectivity index (χ2n) is 6.13. The molecule has 0 unspecified atom stereocenters. The van der Waals surface area contributed by atoms with Crippen molar-refractivity contribution in [2.45, 2.75) is 6.92 Å². The van der Waals surface area contributed by atoms with Gasteiger partial charge in [0.1, 0.15) is 11.4 Å². The first-order valence-electron chi connectivity index (χ1n) is 8.97. The summed E-state index contributed by atoms with van der Waals surface area (Å²) in [6, 6.07) is 9.24. The van der Waals surface area contributed by atoms with E-state index in [1.54, 1.807) is 6.07 Å². The summed E-state index contributed by atoms with van der Waals surface area (Å²) in [5.41, 5.74) is 1.82. The fourth-order valence-electron chi connectivity index (χ4n) is 3.06. The van der Waals surface area contributed by atoms with Crippen LogP contribution in [0.25, 0.3) is 5.69 Å². The van der Waals surface area contributed by atoms with Crippen molar-refractivity contribution in [2.24, 2.45) is 0 Å². The number of carbonyl (C=O) groups excluding carboxylic acids is 2. The first kappa shape index (κ1) is 19.5. The molecule has 8 nitrogen and oxygen atoms in total. The molecule has 0 radical (unpaired) electrons. The number of aromatic nitrogens is 1. The minimum absolute atomic E-state index is 0.0931. The van der Waals surface area contributed by atoms with Gasteiger partial charge in [0.05, 0.1) is 38.1 Å². The Kier molecular flexibility index (Phi) is 6.00. The number of aliphatic hydroxyl groups is 1. The number of methoxy groups -OCH3 is 1. The highest BCUT2D eigenvalue weighted by atomic mass is 16.5. The molecule has 148 valence electrons. The first-order chi connectivity index (χ1) is 13.6. The third kappa shape index (κ3) is 3.86. The largest absolute Gasteiger partial charge is 0.492 e. The molecule has 2 aromatic rings. The van der Waals surface area contributed by atoms with Gasteiger partial charge in [0, 0.05) is 24.6 Å². The molecule has 0 saturated carbocycles. The number of hydrogen-bond donors (Lipinski definition) is 2. The van der Waals surface area contributed by atoms with E-state index in [1.807, 2.05) is 48.1 Å². The number of hydrogen-bond acceptors (Lipinski definition) is 6. The molecule has 1 aliphatic rings. The topological polar surface area (TPSA) is 93.0 Å². The molecule has 0 aliphatic carbocycles. The summed E-state index contributed by atoms with van der Waals surface area (Å²) in [5, 5.41) is 12.2. The molecule has 1 aromatic heterocycles. The second-order valence-corrected chi connectivity index (χ2v) is 6.13. The third-order valence-corrected chi connectivity index (χ3v) is 4.36. The van der Waals surface area contributed by atoms with Crippen LogP contribution in [0.1, 0.15) is 6.92 Å². The molecule has 2 heterocycles. The first-order valence-corrected chi connectivity index (χ1v) is 8.97. The van der Waals surface area contributed by atoms with Gasteiger partial charge in [0.15, 0.2) is 0 Å². The number of ether oxygens (including phenoxy) is 2. The van der Waals surface area contributed by atoms with Crippen LogP contribution in [0.2, 0.25) is 0 Å². The lowest BCUT2D eigenvalue weighted by Gasteiger charge is -2.16. The predicted octanol–water partition coefficient (Wildman–Crippen LogP) is 1.55. The highest BCUT2D eigenvalue weighted by molar-refractivity contribution is 6.08. The maximum absolute atomic E-state index is 12.7. The van der Waals surface area contributed by atoms with Gasteiger partial charge in [-0.2, -0.15) is 0 Å². The van der Waals surface area contributed by atoms with Crippen LogP contribution in [0, 0.1) is 0 Å². The van der Waals surface area contributed by atoms with Crippen molar-refractivity contribution in [3.8, 4) is 11.4 Å². The van der Waals surface area contributed by atoms with Gasteiger partial charge in [-0.15, -0.1) is 0 Å². The maximum atomic E-state index is 12.7. The van der Waals surface area contributed by atoms with Crippen molar-refractivity contribution in [1.82, 2.24) is 9.47 Å². The van der Waals surface area contributed by atoms with E-state index < -0.39 is 5.97 Å². The zero-order valence-electron chi connectivity index (χ0n) is 15.8. The van der Waals surface area contributed by atoms with E-state index in [-0.39, 0.29) is 36.9 Å². The van der Waals surface area contributed by atoms with Crippen LogP contribution in [0.15, 0.2) is 54.0 Å². The molecule has 2 N–H and O–H groups in total. The Morgan fingerprint density at radius 1 is 1.29 bits per heavy atom. The van der Waals surface area contributed by atoms with Crippen molar-refractivity contribution in [2.75, 3.05) is 38.7 Å². The van der Waals surface area contributed by atoms with E-state index in [2.05, 4.69) is 5.32 Å². The number of amides is 1. The molecule has 0 spiro atoms. The normalized spacial score (nSPS) is 13.8. The van der Waals surface area contributed by atoms with Crippen molar-refractivity contribution in [1.29, 1.82) is 0 Å². The Balaban J connectivity index is 1.96. The number of β-amino-alcohol motifs (C(OH)–C–C–N with tert-alkyl or cyclic N) is 1. The molecular weight excluding hydrogens is 362 g/mol. The number of rotatable bonds is 8. The molecule has 0 fully saturated rings. The molecule has 0 atom stereocenters. The maximum Gasteiger partial charge on any atom is 0.337 e. The van der Waals surface area contributed by atoms with E-state index >= 15 is 0 Å². The Hall–Kier alpha value is -3.26. The fourth-order valence-corrected chi connectivity index (χ4v) is 3.06. The minimum Gasteiger partial charge on any atom is -0.492 e. The van der Waals surface area contributed by atoms with E-state index in [4.69, 9.17) is 14.6 Å². The average Bonchev–Trinajstić information content (AvgIpc) is 3.33. The van der Waals surface area contributed by atoms with Crippen molar-refractivity contribution in [3.63, 3.8) is 0 Å². The monoisotopic (exact) mass is 385 g/mol. The summed E-state index contributed by atoms with van der Waals surface area (Å²) < 4.78 is 12.4. The van der Waals surface area contributed by atoms with Gasteiger partial charge in [-0.05, 0) is 37.3 Å². The Labute approximate surface area is 163 Å². The zero-order chi connectivity index (χ0) is 20.1. The summed E-state index contributed by atoms with van der Waals surface area (Å²) in [4.78, 5) is 26.2. The lowest BCUT2D eigenvalue weighted by molar-refractivity contribution is -0.136. The van der Waals surface area contributed by atoms with Crippen molar-refractivity contribution >= 4 is 17.6 Å². The minimum atomic E-state index is -0.576. The molecule has 1 aliphatic heterocycles. The van der Waals surface area contributed by atoms with Crippen molar-refractivity contribution < 1.29 is 24.2 Å². The number of carbonyl (C=O) groups is 2. The highest BCUT2D eigenvalue weighted by Gasteiger charge is 2.34. The number of nitrogens with zero attached hydrogens (tertiary/aromatic N) is 2. The van der Waals surface area contributed by atoms with Crippen LogP contribution in [-0.4, -0.2) is 59.9 Å². The SMILES string of the molecule is CCOc1ccc(NC2=C(C(=O)OC)CN(CCO)C2=O)cc1-n1cccc1. The zero-order valence-corrected chi connectivity index (χ0v) is 15.8. The smallest absolute Gasteiger partial charge is 0.337 e. The quantitative estimate of drug-likeness (QED) is 0.670. The Morgan fingerprint density at radius 3 is 2.68 bits per heavy atom. The summed E-state index contributed by atoms with van der Waals surface area (Å²) in [5.74, 6) is -0.232. The molecule has 1 amide bonds. The molecule has 3 rings (SSSR count). The lowest BCUT2D eigenvalue weighted by atomic mass is 10.2. The second kappa shape index (κ2) is 8.62.